The summed E-state index contributed by atoms with van der Waals surface area (Å²) in [4.78, 5) is 4.44. The maximum absolute atomic E-state index is 4.44. The van der Waals surface area contributed by atoms with Gasteiger partial charge in [-0.15, -0.1) is 29.1 Å². The molecular weight excluding hydrogens is 235 g/mol. The molecule has 1 aromatic heterocycles. The number of aryl methyl sites for hydroxylation is 2. The number of rotatable bonds is 0. The summed E-state index contributed by atoms with van der Waals surface area (Å²) in [5.41, 5.74) is 3.23. The monoisotopic (exact) mass is 245 g/mol. The molecule has 13 heavy (non-hydrogen) atoms. The van der Waals surface area contributed by atoms with Gasteiger partial charge in [0.05, 0.1) is 0 Å². The van der Waals surface area contributed by atoms with Crippen molar-refractivity contribution in [3.8, 4) is 0 Å². The van der Waals surface area contributed by atoms with Crippen LogP contribution in [0.5, 0.6) is 0 Å². The van der Waals surface area contributed by atoms with Crippen LogP contribution in [0.15, 0.2) is 24.3 Å². The van der Waals surface area contributed by atoms with Crippen molar-refractivity contribution in [1.29, 1.82) is 0 Å². The van der Waals surface area contributed by atoms with E-state index in [1.807, 2.05) is 38.1 Å². The number of para-hydroxylation sites is 1. The number of hydrogen-bond donors (Lipinski definition) is 0. The number of benzene rings is 1. The molecule has 1 heterocycles. The fraction of sp³-hybridized carbons (Fsp3) is 0.182. The Morgan fingerprint density at radius 2 is 1.85 bits per heavy atom. The van der Waals surface area contributed by atoms with E-state index >= 15 is 0 Å². The van der Waals surface area contributed by atoms with Crippen LogP contribution in [0.1, 0.15) is 11.3 Å². The van der Waals surface area contributed by atoms with Gasteiger partial charge in [-0.05, 0) is 11.2 Å². The van der Waals surface area contributed by atoms with E-state index in [2.05, 4.69) is 11.1 Å². The number of pyridine rings is 1. The van der Waals surface area contributed by atoms with Gasteiger partial charge in [-0.25, -0.2) is 0 Å². The molecule has 0 bridgehead atoms. The molecule has 2 aromatic rings. The predicted molar refractivity (Wildman–Crippen MR) is 50.1 cm³/mol. The van der Waals surface area contributed by atoms with Gasteiger partial charge < -0.3 is 4.98 Å². The minimum Gasteiger partial charge on any atom is -0.349 e. The third-order valence-corrected chi connectivity index (χ3v) is 2.06. The predicted octanol–water partition coefficient (Wildman–Crippen LogP) is 2.65. The Labute approximate surface area is 103 Å². The molecule has 0 unspecified atom stereocenters. The molecule has 0 radical (unpaired) electrons. The Hall–Kier alpha value is -0.266. The topological polar surface area (TPSA) is 12.9 Å². The van der Waals surface area contributed by atoms with E-state index in [1.54, 1.807) is 0 Å². The molecule has 0 amide bonds. The first-order valence-corrected chi connectivity index (χ1v) is 4.02. The quantitative estimate of drug-likeness (QED) is 0.650. The van der Waals surface area contributed by atoms with E-state index in [4.69, 9.17) is 0 Å². The van der Waals surface area contributed by atoms with Crippen LogP contribution in [-0.4, -0.2) is 4.98 Å². The molecular formula is C11H10NY+2. The molecule has 0 atom stereocenters. The molecule has 0 aliphatic rings. The molecule has 0 saturated heterocycles. The van der Waals surface area contributed by atoms with E-state index in [0.29, 0.717) is 0 Å². The smallest absolute Gasteiger partial charge is 0.349 e. The number of nitrogens with zero attached hydrogens (tertiary/aromatic N) is 1. The molecule has 1 nitrogen and oxygen atoms in total. The molecule has 0 N–H and O–H groups in total. The van der Waals surface area contributed by atoms with Gasteiger partial charge in [-0.3, -0.25) is 0 Å². The maximum Gasteiger partial charge on any atom is 3.00 e. The molecule has 0 aliphatic heterocycles. The summed E-state index contributed by atoms with van der Waals surface area (Å²) in [5, 5.41) is 1.10. The van der Waals surface area contributed by atoms with Crippen LogP contribution >= 0.6 is 0 Å². The zero-order valence-corrected chi connectivity index (χ0v) is 10.7. The molecule has 0 aliphatic carbocycles. The van der Waals surface area contributed by atoms with E-state index < -0.39 is 0 Å². The number of aromatic nitrogens is 1. The Balaban J connectivity index is 0.000000845. The summed E-state index contributed by atoms with van der Waals surface area (Å²) in [6.45, 7) is 4.05. The van der Waals surface area contributed by atoms with Crippen molar-refractivity contribution in [3.63, 3.8) is 0 Å². The summed E-state index contributed by atoms with van der Waals surface area (Å²) in [6.07, 6.45) is 0. The Morgan fingerprint density at radius 1 is 1.15 bits per heavy atom. The second-order valence-corrected chi connectivity index (χ2v) is 2.96. The third-order valence-electron chi connectivity index (χ3n) is 2.06. The van der Waals surface area contributed by atoms with Gasteiger partial charge in [0, 0.05) is 0 Å². The first-order chi connectivity index (χ1) is 5.77. The zero-order chi connectivity index (χ0) is 8.55. The first-order valence-electron chi connectivity index (χ1n) is 4.02. The van der Waals surface area contributed by atoms with Crippen LogP contribution < -0.4 is 0 Å². The van der Waals surface area contributed by atoms with Gasteiger partial charge in [-0.2, -0.15) is 0 Å². The van der Waals surface area contributed by atoms with Crippen LogP contribution in [0.2, 0.25) is 0 Å². The fourth-order valence-electron chi connectivity index (χ4n) is 1.23. The molecule has 0 spiro atoms. The molecule has 60 valence electrons. The zero-order valence-electron chi connectivity index (χ0n) is 7.83. The van der Waals surface area contributed by atoms with E-state index in [1.165, 1.54) is 0 Å². The fourth-order valence-corrected chi connectivity index (χ4v) is 1.23. The van der Waals surface area contributed by atoms with Gasteiger partial charge in [0.15, 0.2) is 0 Å². The van der Waals surface area contributed by atoms with Crippen molar-refractivity contribution in [2.24, 2.45) is 0 Å². The largest absolute Gasteiger partial charge is 3.00 e. The minimum atomic E-state index is 0. The molecule has 1 aromatic carbocycles. The maximum atomic E-state index is 4.44. The summed E-state index contributed by atoms with van der Waals surface area (Å²) < 4.78 is 0. The van der Waals surface area contributed by atoms with E-state index in [0.717, 1.165) is 22.2 Å². The standard InChI is InChI=1S/C11H10N.Y/c1-8-7-10-5-3-4-6-11(10)12-9(8)2;/h3-6H,1-2H3;/q-1;+3. The second kappa shape index (κ2) is 4.30. The van der Waals surface area contributed by atoms with Gasteiger partial charge in [0.1, 0.15) is 0 Å². The summed E-state index contributed by atoms with van der Waals surface area (Å²) in [5.74, 6) is 0. The molecule has 2 rings (SSSR count). The molecule has 0 fully saturated rings. The van der Waals surface area contributed by atoms with Crippen molar-refractivity contribution in [2.45, 2.75) is 13.8 Å². The van der Waals surface area contributed by atoms with Crippen LogP contribution in [0, 0.1) is 19.9 Å². The van der Waals surface area contributed by atoms with Crippen molar-refractivity contribution in [1.82, 2.24) is 4.98 Å². The Morgan fingerprint density at radius 3 is 2.62 bits per heavy atom. The van der Waals surface area contributed by atoms with Gasteiger partial charge in [0.2, 0.25) is 0 Å². The Kier molecular flexibility index (Phi) is 3.58. The summed E-state index contributed by atoms with van der Waals surface area (Å²) in [6, 6.07) is 11.4. The van der Waals surface area contributed by atoms with Crippen LogP contribution in [-0.2, 0) is 32.7 Å². The third kappa shape index (κ3) is 2.15. The van der Waals surface area contributed by atoms with Crippen molar-refractivity contribution >= 4 is 10.9 Å². The average molecular weight is 245 g/mol. The summed E-state index contributed by atoms with van der Waals surface area (Å²) in [7, 11) is 0. The molecule has 0 saturated carbocycles. The molecule has 2 heteroatoms. The van der Waals surface area contributed by atoms with Gasteiger partial charge in [0.25, 0.3) is 0 Å². The second-order valence-electron chi connectivity index (χ2n) is 2.96. The number of hydrogen-bond acceptors (Lipinski definition) is 1. The first kappa shape index (κ1) is 10.8. The van der Waals surface area contributed by atoms with E-state index in [-0.39, 0.29) is 32.7 Å². The van der Waals surface area contributed by atoms with Crippen LogP contribution in [0.3, 0.4) is 0 Å². The number of fused-ring (bicyclic) bond motifs is 1. The SMILES string of the molecule is Cc1[c-]c2ccccc2nc1C.[Y+3]. The van der Waals surface area contributed by atoms with Crippen molar-refractivity contribution < 1.29 is 32.7 Å². The summed E-state index contributed by atoms with van der Waals surface area (Å²) >= 11 is 0. The van der Waals surface area contributed by atoms with Crippen molar-refractivity contribution in [3.05, 3.63) is 41.6 Å². The normalized spacial score (nSPS) is 9.69. The van der Waals surface area contributed by atoms with Crippen molar-refractivity contribution in [2.75, 3.05) is 0 Å². The van der Waals surface area contributed by atoms with Gasteiger partial charge in [-0.1, -0.05) is 26.0 Å². The average Bonchev–Trinajstić information content (AvgIpc) is 2.07. The van der Waals surface area contributed by atoms with Gasteiger partial charge >= 0.3 is 32.7 Å². The van der Waals surface area contributed by atoms with E-state index in [9.17, 15) is 0 Å². The minimum absolute atomic E-state index is 0. The van der Waals surface area contributed by atoms with Crippen LogP contribution in [0.25, 0.3) is 10.9 Å². The Bertz CT molecular complexity index is 383. The van der Waals surface area contributed by atoms with Crippen LogP contribution in [0.4, 0.5) is 0 Å².